The molecule has 8 nitrogen and oxygen atoms in total. The highest BCUT2D eigenvalue weighted by Crippen LogP contribution is 2.33. The number of carbonyl (C=O) groups excluding carboxylic acids is 2. The number of rotatable bonds is 12. The van der Waals surface area contributed by atoms with Crippen molar-refractivity contribution in [2.75, 3.05) is 14.2 Å². The van der Waals surface area contributed by atoms with Gasteiger partial charge < -0.3 is 19.6 Å². The van der Waals surface area contributed by atoms with Crippen LogP contribution in [0.25, 0.3) is 44.1 Å². The summed E-state index contributed by atoms with van der Waals surface area (Å²) in [7, 11) is 2.74. The number of esters is 1. The highest BCUT2D eigenvalue weighted by atomic mass is 16.5. The monoisotopic (exact) mass is 782 g/mol. The van der Waals surface area contributed by atoms with Gasteiger partial charge in [-0.15, -0.1) is 0 Å². The van der Waals surface area contributed by atoms with Gasteiger partial charge in [-0.3, -0.25) is 14.2 Å². The van der Waals surface area contributed by atoms with Crippen LogP contribution in [0.4, 0.5) is 4.79 Å². The first-order chi connectivity index (χ1) is 28.8. The fourth-order valence-corrected chi connectivity index (χ4v) is 7.77. The fraction of sp³-hybridized carbons (Fsp3) is 0.157. The fourth-order valence-electron chi connectivity index (χ4n) is 7.77. The number of aryl methyl sites for hydroxylation is 2. The maximum absolute atomic E-state index is 12.8. The Morgan fingerprint density at radius 2 is 1.10 bits per heavy atom. The number of hydrogen-bond donors (Lipinski definition) is 2. The zero-order valence-electron chi connectivity index (χ0n) is 33.1. The molecule has 2 aromatic heterocycles. The molecule has 8 rings (SSSR count). The van der Waals surface area contributed by atoms with Crippen molar-refractivity contribution in [2.24, 2.45) is 0 Å². The predicted octanol–water partition coefficient (Wildman–Crippen LogP) is 11.4. The van der Waals surface area contributed by atoms with Crippen molar-refractivity contribution in [1.29, 1.82) is 0 Å². The van der Waals surface area contributed by atoms with Gasteiger partial charge in [0.05, 0.1) is 31.6 Å². The molecule has 0 spiro atoms. The number of methoxy groups -OCH3 is 2. The maximum atomic E-state index is 12.8. The van der Waals surface area contributed by atoms with Gasteiger partial charge in [-0.2, -0.15) is 0 Å². The molecular formula is C51H46N2O6. The molecule has 2 atom stereocenters. The van der Waals surface area contributed by atoms with E-state index in [4.69, 9.17) is 9.47 Å². The summed E-state index contributed by atoms with van der Waals surface area (Å²) >= 11 is 0. The van der Waals surface area contributed by atoms with Gasteiger partial charge in [0.25, 0.3) is 0 Å². The average molecular weight is 783 g/mol. The van der Waals surface area contributed by atoms with Crippen LogP contribution in [-0.4, -0.2) is 46.9 Å². The van der Waals surface area contributed by atoms with Crippen LogP contribution in [0.5, 0.6) is 0 Å². The molecule has 2 N–H and O–H groups in total. The molecule has 0 bridgehead atoms. The quantitative estimate of drug-likeness (QED) is 0.119. The van der Waals surface area contributed by atoms with Crippen LogP contribution in [0.1, 0.15) is 46.9 Å². The first-order valence-electron chi connectivity index (χ1n) is 19.7. The van der Waals surface area contributed by atoms with Gasteiger partial charge in [0.15, 0.2) is 0 Å². The zero-order valence-corrected chi connectivity index (χ0v) is 33.1. The molecule has 2 heterocycles. The third kappa shape index (κ3) is 9.35. The molecule has 0 aliphatic carbocycles. The SMILES string of the molecule is COC(=O)C(CCc1cccc(-c2ccccc2)c1)c1cn(C(=O)OC)c2ccccc12.O=C(O)C(CCc1cccc(-c2ccccc2)c1)c1c[nH]c2ccccc12. The van der Waals surface area contributed by atoms with Crippen molar-refractivity contribution in [3.8, 4) is 22.3 Å². The highest BCUT2D eigenvalue weighted by Gasteiger charge is 2.27. The van der Waals surface area contributed by atoms with Gasteiger partial charge in [-0.1, -0.05) is 146 Å². The van der Waals surface area contributed by atoms with E-state index in [0.29, 0.717) is 24.8 Å². The molecule has 0 amide bonds. The summed E-state index contributed by atoms with van der Waals surface area (Å²) in [5.41, 5.74) is 10.2. The first-order valence-corrected chi connectivity index (χ1v) is 19.7. The number of benzene rings is 6. The Balaban J connectivity index is 0.000000181. The van der Waals surface area contributed by atoms with Crippen LogP contribution >= 0.6 is 0 Å². The summed E-state index contributed by atoms with van der Waals surface area (Å²) in [5, 5.41) is 11.6. The number of fused-ring (bicyclic) bond motifs is 2. The molecule has 0 fully saturated rings. The Morgan fingerprint density at radius 1 is 0.576 bits per heavy atom. The third-order valence-corrected chi connectivity index (χ3v) is 10.8. The first kappa shape index (κ1) is 40.0. The van der Waals surface area contributed by atoms with E-state index in [1.165, 1.54) is 24.4 Å². The minimum absolute atomic E-state index is 0.322. The molecule has 8 heteroatoms. The van der Waals surface area contributed by atoms with Gasteiger partial charge in [0, 0.05) is 28.7 Å². The number of aliphatic carboxylic acids is 1. The van der Waals surface area contributed by atoms with Crippen molar-refractivity contribution in [2.45, 2.75) is 37.5 Å². The molecule has 296 valence electrons. The molecule has 0 aliphatic rings. The number of nitrogens with one attached hydrogen (secondary N) is 1. The molecule has 0 radical (unpaired) electrons. The number of H-pyrrole nitrogens is 1. The van der Waals surface area contributed by atoms with Crippen LogP contribution < -0.4 is 0 Å². The minimum Gasteiger partial charge on any atom is -0.481 e. The van der Waals surface area contributed by atoms with Gasteiger partial charge in [0.1, 0.15) is 0 Å². The summed E-state index contributed by atoms with van der Waals surface area (Å²) in [6, 6.07) is 52.5. The Morgan fingerprint density at radius 3 is 1.68 bits per heavy atom. The van der Waals surface area contributed by atoms with E-state index in [2.05, 4.69) is 65.6 Å². The maximum Gasteiger partial charge on any atom is 0.418 e. The number of carboxylic acids is 1. The molecule has 8 aromatic rings. The molecule has 2 unspecified atom stereocenters. The number of aromatic amines is 1. The Labute approximate surface area is 343 Å². The summed E-state index contributed by atoms with van der Waals surface area (Å²) in [6.07, 6.45) is 5.57. The molecule has 59 heavy (non-hydrogen) atoms. The number of ether oxygens (including phenoxy) is 2. The number of hydrogen-bond acceptors (Lipinski definition) is 5. The normalized spacial score (nSPS) is 12.0. The van der Waals surface area contributed by atoms with E-state index in [1.807, 2.05) is 103 Å². The van der Waals surface area contributed by atoms with Gasteiger partial charge in [-0.05, 0) is 82.3 Å². The lowest BCUT2D eigenvalue weighted by atomic mass is 9.91. The topological polar surface area (TPSA) is 111 Å². The number of carbonyl (C=O) groups is 3. The lowest BCUT2D eigenvalue weighted by Crippen LogP contribution is -2.15. The Kier molecular flexibility index (Phi) is 12.8. The molecule has 0 aliphatic heterocycles. The van der Waals surface area contributed by atoms with E-state index in [-0.39, 0.29) is 5.97 Å². The highest BCUT2D eigenvalue weighted by molar-refractivity contribution is 5.95. The standard InChI is InChI=1S/C27H25NO4.C24H21NO2/c1-31-26(29)23(24-18-28(27(30)32-2)25-14-7-6-13-22(24)25)16-15-19-9-8-12-21(17-19)20-10-4-3-5-11-20;26-24(27)21(22-16-25-23-12-5-4-11-20(22)23)14-13-17-7-6-10-19(15-17)18-8-2-1-3-9-18/h3-14,17-18,23H,15-16H2,1-2H3;1-12,15-16,21,25H,13-14H2,(H,26,27). The predicted molar refractivity (Wildman–Crippen MR) is 234 cm³/mol. The lowest BCUT2D eigenvalue weighted by Gasteiger charge is -2.15. The Bertz CT molecular complexity index is 2680. The second-order valence-corrected chi connectivity index (χ2v) is 14.4. The van der Waals surface area contributed by atoms with Crippen molar-refractivity contribution >= 4 is 39.8 Å². The van der Waals surface area contributed by atoms with E-state index in [1.54, 1.807) is 6.20 Å². The number of aromatic nitrogens is 2. The Hall–Kier alpha value is -7.19. The van der Waals surface area contributed by atoms with Gasteiger partial charge >= 0.3 is 18.0 Å². The minimum atomic E-state index is -0.779. The third-order valence-electron chi connectivity index (χ3n) is 10.8. The van der Waals surface area contributed by atoms with Crippen LogP contribution in [-0.2, 0) is 31.9 Å². The van der Waals surface area contributed by atoms with E-state index in [0.717, 1.165) is 61.7 Å². The van der Waals surface area contributed by atoms with Crippen LogP contribution in [0.3, 0.4) is 0 Å². The molecular weight excluding hydrogens is 737 g/mol. The second-order valence-electron chi connectivity index (χ2n) is 14.4. The average Bonchev–Trinajstić information content (AvgIpc) is 3.89. The summed E-state index contributed by atoms with van der Waals surface area (Å²) < 4.78 is 11.5. The second kappa shape index (κ2) is 18.8. The van der Waals surface area contributed by atoms with Crippen molar-refractivity contribution in [3.05, 3.63) is 192 Å². The van der Waals surface area contributed by atoms with Crippen LogP contribution in [0.2, 0.25) is 0 Å². The van der Waals surface area contributed by atoms with Crippen LogP contribution in [0, 0.1) is 0 Å². The molecule has 0 saturated heterocycles. The molecule has 6 aromatic carbocycles. The smallest absolute Gasteiger partial charge is 0.418 e. The summed E-state index contributed by atoms with van der Waals surface area (Å²) in [5.74, 6) is -2.13. The zero-order chi connectivity index (χ0) is 41.1. The van der Waals surface area contributed by atoms with E-state index in [9.17, 15) is 19.5 Å². The van der Waals surface area contributed by atoms with Crippen molar-refractivity contribution in [3.63, 3.8) is 0 Å². The van der Waals surface area contributed by atoms with E-state index >= 15 is 0 Å². The lowest BCUT2D eigenvalue weighted by molar-refractivity contribution is -0.142. The number of para-hydroxylation sites is 2. The summed E-state index contributed by atoms with van der Waals surface area (Å²) in [6.45, 7) is 0. The van der Waals surface area contributed by atoms with Crippen molar-refractivity contribution in [1.82, 2.24) is 9.55 Å². The van der Waals surface area contributed by atoms with Crippen LogP contribution in [0.15, 0.2) is 170 Å². The number of nitrogens with zero attached hydrogens (tertiary/aromatic N) is 1. The number of carboxylic acid groups (broad SMARTS) is 1. The van der Waals surface area contributed by atoms with Gasteiger partial charge in [-0.25, -0.2) is 4.79 Å². The summed E-state index contributed by atoms with van der Waals surface area (Å²) in [4.78, 5) is 40.2. The van der Waals surface area contributed by atoms with Crippen molar-refractivity contribution < 1.29 is 29.0 Å². The van der Waals surface area contributed by atoms with Gasteiger partial charge in [0.2, 0.25) is 0 Å². The molecule has 0 saturated carbocycles. The van der Waals surface area contributed by atoms with E-state index < -0.39 is 23.9 Å². The largest absolute Gasteiger partial charge is 0.481 e.